The molecule has 0 aliphatic carbocycles. The van der Waals surface area contributed by atoms with Gasteiger partial charge in [0.05, 0.1) is 12.3 Å². The van der Waals surface area contributed by atoms with E-state index in [9.17, 15) is 0 Å². The Morgan fingerprint density at radius 2 is 2.33 bits per heavy atom. The van der Waals surface area contributed by atoms with E-state index in [2.05, 4.69) is 30.1 Å². The molecule has 0 spiro atoms. The van der Waals surface area contributed by atoms with Gasteiger partial charge in [0.15, 0.2) is 0 Å². The maximum atomic E-state index is 5.79. The number of hydrogen-bond acceptors (Lipinski definition) is 3. The van der Waals surface area contributed by atoms with Gasteiger partial charge in [0.25, 0.3) is 0 Å². The highest BCUT2D eigenvalue weighted by molar-refractivity contribution is 5.20. The Morgan fingerprint density at radius 3 is 2.94 bits per heavy atom. The number of likely N-dealkylation sites (tertiary alicyclic amines) is 1. The Kier molecular flexibility index (Phi) is 4.84. The molecule has 1 N–H and O–H groups in total. The second-order valence-corrected chi connectivity index (χ2v) is 5.41. The molecule has 102 valence electrons. The summed E-state index contributed by atoms with van der Waals surface area (Å²) in [5.74, 6) is 1.85. The summed E-state index contributed by atoms with van der Waals surface area (Å²) in [6.07, 6.45) is 5.65. The van der Waals surface area contributed by atoms with Crippen LogP contribution in [-0.2, 0) is 0 Å². The Bertz CT molecular complexity index is 343. The zero-order valence-electron chi connectivity index (χ0n) is 11.9. The lowest BCUT2D eigenvalue weighted by atomic mass is 9.86. The van der Waals surface area contributed by atoms with E-state index in [4.69, 9.17) is 4.42 Å². The summed E-state index contributed by atoms with van der Waals surface area (Å²) in [4.78, 5) is 2.61. The molecule has 2 heterocycles. The van der Waals surface area contributed by atoms with Gasteiger partial charge in [0, 0.05) is 0 Å². The number of rotatable bonds is 5. The van der Waals surface area contributed by atoms with Crippen molar-refractivity contribution in [2.45, 2.75) is 39.2 Å². The lowest BCUT2D eigenvalue weighted by Gasteiger charge is -2.40. The molecule has 1 aliphatic heterocycles. The average Bonchev–Trinajstić information content (AvgIpc) is 2.77. The molecule has 0 bridgehead atoms. The van der Waals surface area contributed by atoms with E-state index >= 15 is 0 Å². The van der Waals surface area contributed by atoms with Crippen LogP contribution in [0.1, 0.15) is 43.6 Å². The summed E-state index contributed by atoms with van der Waals surface area (Å²) in [6, 6.07) is 2.55. The van der Waals surface area contributed by atoms with Crippen LogP contribution in [0.15, 0.2) is 16.7 Å². The van der Waals surface area contributed by atoms with E-state index in [0.29, 0.717) is 12.0 Å². The lowest BCUT2D eigenvalue weighted by Crippen LogP contribution is -2.42. The van der Waals surface area contributed by atoms with Crippen LogP contribution in [0.4, 0.5) is 0 Å². The smallest absolute Gasteiger partial charge is 0.124 e. The number of furan rings is 1. The highest BCUT2D eigenvalue weighted by atomic mass is 16.3. The van der Waals surface area contributed by atoms with Crippen LogP contribution in [0.5, 0.6) is 0 Å². The van der Waals surface area contributed by atoms with E-state index < -0.39 is 0 Å². The second-order valence-electron chi connectivity index (χ2n) is 5.41. The van der Waals surface area contributed by atoms with Crippen molar-refractivity contribution in [1.29, 1.82) is 0 Å². The fourth-order valence-corrected chi connectivity index (χ4v) is 3.23. The normalized spacial score (nSPS) is 25.5. The standard InChI is InChI=1S/C15H26N2O/c1-4-8-17-9-5-6-13(11-16-3)14(17)15-12(2)7-10-18-15/h7,10,13-14,16H,4-6,8-9,11H2,1-3H3. The van der Waals surface area contributed by atoms with Crippen LogP contribution in [0.3, 0.4) is 0 Å². The largest absolute Gasteiger partial charge is 0.467 e. The topological polar surface area (TPSA) is 28.4 Å². The summed E-state index contributed by atoms with van der Waals surface area (Å²) in [6.45, 7) is 7.87. The number of aryl methyl sites for hydroxylation is 1. The number of nitrogens with one attached hydrogen (secondary N) is 1. The highest BCUT2D eigenvalue weighted by Gasteiger charge is 2.34. The molecule has 1 aromatic rings. The Hall–Kier alpha value is -0.800. The van der Waals surface area contributed by atoms with Gasteiger partial charge in [0.1, 0.15) is 5.76 Å². The zero-order chi connectivity index (χ0) is 13.0. The maximum Gasteiger partial charge on any atom is 0.124 e. The van der Waals surface area contributed by atoms with Crippen LogP contribution in [0, 0.1) is 12.8 Å². The molecule has 2 unspecified atom stereocenters. The minimum Gasteiger partial charge on any atom is -0.467 e. The van der Waals surface area contributed by atoms with Crippen molar-refractivity contribution < 1.29 is 4.42 Å². The fourth-order valence-electron chi connectivity index (χ4n) is 3.23. The SMILES string of the molecule is CCCN1CCCC(CNC)C1c1occc1C. The van der Waals surface area contributed by atoms with Gasteiger partial charge in [-0.05, 0) is 70.4 Å². The van der Waals surface area contributed by atoms with Crippen molar-refractivity contribution in [3.63, 3.8) is 0 Å². The van der Waals surface area contributed by atoms with Crippen LogP contribution >= 0.6 is 0 Å². The monoisotopic (exact) mass is 250 g/mol. The van der Waals surface area contributed by atoms with Crippen LogP contribution in [-0.4, -0.2) is 31.6 Å². The number of piperidine rings is 1. The van der Waals surface area contributed by atoms with E-state index in [1.54, 1.807) is 0 Å². The highest BCUT2D eigenvalue weighted by Crippen LogP contribution is 2.37. The Morgan fingerprint density at radius 1 is 1.50 bits per heavy atom. The molecule has 0 amide bonds. The van der Waals surface area contributed by atoms with Crippen molar-refractivity contribution in [1.82, 2.24) is 10.2 Å². The summed E-state index contributed by atoms with van der Waals surface area (Å²) < 4.78 is 5.79. The molecule has 2 rings (SSSR count). The lowest BCUT2D eigenvalue weighted by molar-refractivity contribution is 0.0758. The fraction of sp³-hybridized carbons (Fsp3) is 0.733. The van der Waals surface area contributed by atoms with Crippen molar-refractivity contribution in [2.24, 2.45) is 5.92 Å². The van der Waals surface area contributed by atoms with Gasteiger partial charge in [-0.15, -0.1) is 0 Å². The first-order valence-electron chi connectivity index (χ1n) is 7.20. The molecule has 2 atom stereocenters. The first-order valence-corrected chi connectivity index (χ1v) is 7.20. The third-order valence-corrected chi connectivity index (χ3v) is 4.01. The molecular weight excluding hydrogens is 224 g/mol. The zero-order valence-corrected chi connectivity index (χ0v) is 11.9. The Balaban J connectivity index is 2.23. The average molecular weight is 250 g/mol. The van der Waals surface area contributed by atoms with E-state index in [1.165, 1.54) is 43.7 Å². The van der Waals surface area contributed by atoms with Gasteiger partial charge in [-0.3, -0.25) is 4.90 Å². The summed E-state index contributed by atoms with van der Waals surface area (Å²) in [5.41, 5.74) is 1.30. The first kappa shape index (κ1) is 13.6. The summed E-state index contributed by atoms with van der Waals surface area (Å²) >= 11 is 0. The van der Waals surface area contributed by atoms with Gasteiger partial charge in [-0.1, -0.05) is 6.92 Å². The van der Waals surface area contributed by atoms with Gasteiger partial charge < -0.3 is 9.73 Å². The predicted octanol–water partition coefficient (Wildman–Crippen LogP) is 2.97. The van der Waals surface area contributed by atoms with Crippen LogP contribution < -0.4 is 5.32 Å². The molecule has 18 heavy (non-hydrogen) atoms. The van der Waals surface area contributed by atoms with Crippen molar-refractivity contribution >= 4 is 0 Å². The van der Waals surface area contributed by atoms with Gasteiger partial charge in [-0.25, -0.2) is 0 Å². The van der Waals surface area contributed by atoms with Gasteiger partial charge >= 0.3 is 0 Å². The van der Waals surface area contributed by atoms with E-state index in [1.807, 2.05) is 13.3 Å². The second kappa shape index (κ2) is 6.39. The Labute approximate surface area is 111 Å². The van der Waals surface area contributed by atoms with Gasteiger partial charge in [0.2, 0.25) is 0 Å². The molecule has 1 aromatic heterocycles. The minimum atomic E-state index is 0.459. The van der Waals surface area contributed by atoms with Crippen LogP contribution in [0.25, 0.3) is 0 Å². The molecule has 3 nitrogen and oxygen atoms in total. The van der Waals surface area contributed by atoms with E-state index in [-0.39, 0.29) is 0 Å². The predicted molar refractivity (Wildman–Crippen MR) is 74.7 cm³/mol. The summed E-state index contributed by atoms with van der Waals surface area (Å²) in [7, 11) is 2.05. The van der Waals surface area contributed by atoms with E-state index in [0.717, 1.165) is 6.54 Å². The number of hydrogen-bond donors (Lipinski definition) is 1. The number of nitrogens with zero attached hydrogens (tertiary/aromatic N) is 1. The van der Waals surface area contributed by atoms with Crippen molar-refractivity contribution in [3.05, 3.63) is 23.7 Å². The molecule has 1 fully saturated rings. The molecule has 0 radical (unpaired) electrons. The maximum absolute atomic E-state index is 5.79. The van der Waals surface area contributed by atoms with Crippen LogP contribution in [0.2, 0.25) is 0 Å². The molecular formula is C15H26N2O. The molecule has 0 aromatic carbocycles. The third-order valence-electron chi connectivity index (χ3n) is 4.01. The quantitative estimate of drug-likeness (QED) is 0.871. The van der Waals surface area contributed by atoms with Gasteiger partial charge in [-0.2, -0.15) is 0 Å². The third kappa shape index (κ3) is 2.78. The molecule has 0 saturated carbocycles. The minimum absolute atomic E-state index is 0.459. The molecule has 1 aliphatic rings. The first-order chi connectivity index (χ1) is 8.77. The van der Waals surface area contributed by atoms with Crippen molar-refractivity contribution in [3.8, 4) is 0 Å². The summed E-state index contributed by atoms with van der Waals surface area (Å²) in [5, 5.41) is 3.34. The van der Waals surface area contributed by atoms with Crippen molar-refractivity contribution in [2.75, 3.05) is 26.7 Å². The molecule has 1 saturated heterocycles. The molecule has 3 heteroatoms.